The summed E-state index contributed by atoms with van der Waals surface area (Å²) in [6, 6.07) is 9.58. The normalized spacial score (nSPS) is 12.3. The summed E-state index contributed by atoms with van der Waals surface area (Å²) in [5.41, 5.74) is 8.37. The topological polar surface area (TPSA) is 60.9 Å². The zero-order valence-corrected chi connectivity index (χ0v) is 11.3. The molecule has 100 valence electrons. The monoisotopic (exact) mass is 257 g/mol. The molecule has 0 amide bonds. The minimum atomic E-state index is 0.205. The van der Waals surface area contributed by atoms with Gasteiger partial charge < -0.3 is 5.73 Å². The number of aryl methyl sites for hydroxylation is 1. The van der Waals surface area contributed by atoms with E-state index in [9.17, 15) is 4.79 Å². The SMILES string of the molecule is CC(CC(=O)Cc1ccn(C)n1)c1ccc(N)cc1. The highest BCUT2D eigenvalue weighted by molar-refractivity contribution is 5.81. The Morgan fingerprint density at radius 1 is 1.32 bits per heavy atom. The third kappa shape index (κ3) is 3.68. The van der Waals surface area contributed by atoms with Gasteiger partial charge in [0.15, 0.2) is 0 Å². The van der Waals surface area contributed by atoms with Crippen LogP contribution < -0.4 is 5.73 Å². The van der Waals surface area contributed by atoms with Crippen LogP contribution >= 0.6 is 0 Å². The molecule has 0 fully saturated rings. The molecule has 0 saturated heterocycles. The van der Waals surface area contributed by atoms with Crippen LogP contribution in [0.1, 0.15) is 30.5 Å². The highest BCUT2D eigenvalue weighted by Crippen LogP contribution is 2.21. The molecule has 0 spiro atoms. The lowest BCUT2D eigenvalue weighted by Gasteiger charge is -2.10. The molecule has 2 N–H and O–H groups in total. The van der Waals surface area contributed by atoms with Gasteiger partial charge in [0.1, 0.15) is 5.78 Å². The van der Waals surface area contributed by atoms with Gasteiger partial charge >= 0.3 is 0 Å². The van der Waals surface area contributed by atoms with Crippen molar-refractivity contribution in [3.05, 3.63) is 47.8 Å². The summed E-state index contributed by atoms with van der Waals surface area (Å²) in [5.74, 6) is 0.417. The van der Waals surface area contributed by atoms with E-state index in [0.717, 1.165) is 16.9 Å². The molecule has 0 bridgehead atoms. The molecule has 4 nitrogen and oxygen atoms in total. The van der Waals surface area contributed by atoms with Crippen molar-refractivity contribution in [3.8, 4) is 0 Å². The van der Waals surface area contributed by atoms with Crippen molar-refractivity contribution in [2.75, 3.05) is 5.73 Å². The Balaban J connectivity index is 1.93. The van der Waals surface area contributed by atoms with Gasteiger partial charge in [-0.25, -0.2) is 0 Å². The molecule has 4 heteroatoms. The molecule has 0 saturated carbocycles. The second-order valence-corrected chi connectivity index (χ2v) is 4.97. The third-order valence-electron chi connectivity index (χ3n) is 3.19. The van der Waals surface area contributed by atoms with Gasteiger partial charge in [-0.1, -0.05) is 19.1 Å². The standard InChI is InChI=1S/C15H19N3O/c1-11(12-3-5-13(16)6-4-12)9-15(19)10-14-7-8-18(2)17-14/h3-8,11H,9-10,16H2,1-2H3. The molecule has 0 aliphatic heterocycles. The molecule has 19 heavy (non-hydrogen) atoms. The van der Waals surface area contributed by atoms with Crippen LogP contribution in [0, 0.1) is 0 Å². The van der Waals surface area contributed by atoms with E-state index in [4.69, 9.17) is 5.73 Å². The zero-order chi connectivity index (χ0) is 13.8. The molecule has 1 atom stereocenters. The molecule has 0 aliphatic carbocycles. The Hall–Kier alpha value is -2.10. The number of nitrogens with zero attached hydrogens (tertiary/aromatic N) is 2. The maximum Gasteiger partial charge on any atom is 0.139 e. The van der Waals surface area contributed by atoms with Crippen LogP contribution in [0.15, 0.2) is 36.5 Å². The molecule has 1 aromatic carbocycles. The van der Waals surface area contributed by atoms with Crippen molar-refractivity contribution in [2.45, 2.75) is 25.7 Å². The third-order valence-corrected chi connectivity index (χ3v) is 3.19. The van der Waals surface area contributed by atoms with Crippen LogP contribution in [-0.2, 0) is 18.3 Å². The quantitative estimate of drug-likeness (QED) is 0.836. The number of benzene rings is 1. The van der Waals surface area contributed by atoms with E-state index in [2.05, 4.69) is 12.0 Å². The number of hydrogen-bond acceptors (Lipinski definition) is 3. The van der Waals surface area contributed by atoms with E-state index in [-0.39, 0.29) is 11.7 Å². The number of nitrogens with two attached hydrogens (primary N) is 1. The second-order valence-electron chi connectivity index (χ2n) is 4.97. The first-order chi connectivity index (χ1) is 9.04. The van der Waals surface area contributed by atoms with Gasteiger partial charge in [0.2, 0.25) is 0 Å². The van der Waals surface area contributed by atoms with Gasteiger partial charge in [-0.05, 0) is 29.7 Å². The van der Waals surface area contributed by atoms with Gasteiger partial charge in [0.05, 0.1) is 12.1 Å². The number of rotatable bonds is 5. The molecular weight excluding hydrogens is 238 g/mol. The summed E-state index contributed by atoms with van der Waals surface area (Å²) in [7, 11) is 1.85. The van der Waals surface area contributed by atoms with E-state index in [1.807, 2.05) is 43.6 Å². The smallest absolute Gasteiger partial charge is 0.139 e. The average molecular weight is 257 g/mol. The summed E-state index contributed by atoms with van der Waals surface area (Å²) < 4.78 is 1.71. The number of ketones is 1. The van der Waals surface area contributed by atoms with Crippen LogP contribution in [0.4, 0.5) is 5.69 Å². The van der Waals surface area contributed by atoms with Crippen molar-refractivity contribution in [3.63, 3.8) is 0 Å². The number of hydrogen-bond donors (Lipinski definition) is 1. The molecule has 0 aliphatic rings. The van der Waals surface area contributed by atoms with E-state index >= 15 is 0 Å². The van der Waals surface area contributed by atoms with Gasteiger partial charge in [-0.2, -0.15) is 5.10 Å². The summed E-state index contributed by atoms with van der Waals surface area (Å²) in [6.45, 7) is 2.06. The fourth-order valence-corrected chi connectivity index (χ4v) is 2.12. The Morgan fingerprint density at radius 3 is 2.58 bits per heavy atom. The van der Waals surface area contributed by atoms with Gasteiger partial charge in [0, 0.05) is 25.4 Å². The maximum absolute atomic E-state index is 12.0. The van der Waals surface area contributed by atoms with Crippen LogP contribution in [-0.4, -0.2) is 15.6 Å². The number of aromatic nitrogens is 2. The van der Waals surface area contributed by atoms with Crippen molar-refractivity contribution in [1.82, 2.24) is 9.78 Å². The predicted octanol–water partition coefficient (Wildman–Crippen LogP) is 2.31. The van der Waals surface area contributed by atoms with Crippen molar-refractivity contribution in [2.24, 2.45) is 7.05 Å². The number of carbonyl (C=O) groups is 1. The van der Waals surface area contributed by atoms with Crippen molar-refractivity contribution < 1.29 is 4.79 Å². The Bertz CT molecular complexity index is 557. The Morgan fingerprint density at radius 2 is 2.00 bits per heavy atom. The van der Waals surface area contributed by atoms with Crippen LogP contribution in [0.5, 0.6) is 0 Å². The minimum absolute atomic E-state index is 0.205. The number of Topliss-reactive ketones (excluding diaryl/α,β-unsaturated/α-hetero) is 1. The van der Waals surface area contributed by atoms with Crippen molar-refractivity contribution >= 4 is 11.5 Å². The first kappa shape index (κ1) is 13.3. The van der Waals surface area contributed by atoms with E-state index in [1.54, 1.807) is 4.68 Å². The fourth-order valence-electron chi connectivity index (χ4n) is 2.12. The Labute approximate surface area is 113 Å². The fraction of sp³-hybridized carbons (Fsp3) is 0.333. The van der Waals surface area contributed by atoms with E-state index in [1.165, 1.54) is 0 Å². The lowest BCUT2D eigenvalue weighted by atomic mass is 9.94. The molecule has 2 rings (SSSR count). The molecule has 0 radical (unpaired) electrons. The van der Waals surface area contributed by atoms with Crippen LogP contribution in [0.2, 0.25) is 0 Å². The summed E-state index contributed by atoms with van der Waals surface area (Å²) in [6.07, 6.45) is 2.78. The maximum atomic E-state index is 12.0. The Kier molecular flexibility index (Phi) is 4.00. The lowest BCUT2D eigenvalue weighted by molar-refractivity contribution is -0.118. The first-order valence-electron chi connectivity index (χ1n) is 6.40. The van der Waals surface area contributed by atoms with Gasteiger partial charge in [0.25, 0.3) is 0 Å². The number of nitrogen functional groups attached to an aromatic ring is 1. The number of anilines is 1. The van der Waals surface area contributed by atoms with E-state index < -0.39 is 0 Å². The second kappa shape index (κ2) is 5.69. The lowest BCUT2D eigenvalue weighted by Crippen LogP contribution is -2.08. The van der Waals surface area contributed by atoms with Gasteiger partial charge in [-0.3, -0.25) is 9.48 Å². The highest BCUT2D eigenvalue weighted by Gasteiger charge is 2.12. The van der Waals surface area contributed by atoms with Crippen LogP contribution in [0.25, 0.3) is 0 Å². The summed E-state index contributed by atoms with van der Waals surface area (Å²) >= 11 is 0. The zero-order valence-electron chi connectivity index (χ0n) is 11.3. The van der Waals surface area contributed by atoms with E-state index in [0.29, 0.717) is 12.8 Å². The molecular formula is C15H19N3O. The van der Waals surface area contributed by atoms with Gasteiger partial charge in [-0.15, -0.1) is 0 Å². The summed E-state index contributed by atoms with van der Waals surface area (Å²) in [4.78, 5) is 12.0. The molecule has 1 unspecified atom stereocenters. The molecule has 1 aromatic heterocycles. The first-order valence-corrected chi connectivity index (χ1v) is 6.40. The summed E-state index contributed by atoms with van der Waals surface area (Å²) in [5, 5.41) is 4.22. The molecule has 1 heterocycles. The van der Waals surface area contributed by atoms with Crippen molar-refractivity contribution in [1.29, 1.82) is 0 Å². The average Bonchev–Trinajstić information content (AvgIpc) is 2.75. The minimum Gasteiger partial charge on any atom is -0.399 e. The van der Waals surface area contributed by atoms with Crippen LogP contribution in [0.3, 0.4) is 0 Å². The predicted molar refractivity (Wildman–Crippen MR) is 75.8 cm³/mol. The highest BCUT2D eigenvalue weighted by atomic mass is 16.1. The molecule has 2 aromatic rings. The number of carbonyl (C=O) groups excluding carboxylic acids is 1. The largest absolute Gasteiger partial charge is 0.399 e.